The molecule has 1 aliphatic rings. The fraction of sp³-hybridized carbons (Fsp3) is 0.529. The Balaban J connectivity index is 2.10. The fourth-order valence-electron chi connectivity index (χ4n) is 3.61. The Morgan fingerprint density at radius 2 is 2.06 bits per heavy atom. The van der Waals surface area contributed by atoms with Gasteiger partial charge in [-0.25, -0.2) is 0 Å². The second-order valence-corrected chi connectivity index (χ2v) is 6.58. The van der Waals surface area contributed by atoms with Gasteiger partial charge in [-0.1, -0.05) is 38.3 Å². The molecule has 1 atom stereocenters. The first kappa shape index (κ1) is 11.8. The molecule has 18 heavy (non-hydrogen) atoms. The number of aromatic nitrogens is 1. The summed E-state index contributed by atoms with van der Waals surface area (Å²) in [7, 11) is 0. The number of hydrogen-bond donors (Lipinski definition) is 1. The van der Waals surface area contributed by atoms with Crippen LogP contribution in [-0.4, -0.2) is 4.98 Å². The molecule has 1 heteroatoms. The summed E-state index contributed by atoms with van der Waals surface area (Å²) < 4.78 is 0. The maximum absolute atomic E-state index is 3.45. The highest BCUT2D eigenvalue weighted by Crippen LogP contribution is 2.48. The van der Waals surface area contributed by atoms with Gasteiger partial charge in [-0.2, -0.15) is 0 Å². The average molecular weight is 241 g/mol. The Hall–Kier alpha value is -1.24. The van der Waals surface area contributed by atoms with Crippen molar-refractivity contribution in [2.45, 2.75) is 52.4 Å². The van der Waals surface area contributed by atoms with Crippen LogP contribution >= 0.6 is 0 Å². The molecule has 3 rings (SSSR count). The quantitative estimate of drug-likeness (QED) is 0.709. The smallest absolute Gasteiger partial charge is 0.0457 e. The van der Waals surface area contributed by atoms with Crippen LogP contribution in [0, 0.1) is 12.3 Å². The van der Waals surface area contributed by atoms with Crippen LogP contribution in [0.25, 0.3) is 10.9 Å². The van der Waals surface area contributed by atoms with Crippen LogP contribution in [0.15, 0.2) is 24.4 Å². The van der Waals surface area contributed by atoms with Gasteiger partial charge in [-0.15, -0.1) is 0 Å². The Bertz CT molecular complexity index is 562. The van der Waals surface area contributed by atoms with Crippen molar-refractivity contribution in [3.05, 3.63) is 35.5 Å². The molecule has 1 aromatic carbocycles. The second-order valence-electron chi connectivity index (χ2n) is 6.58. The highest BCUT2D eigenvalue weighted by molar-refractivity contribution is 5.84. The summed E-state index contributed by atoms with van der Waals surface area (Å²) in [5.74, 6) is 0.710. The third-order valence-corrected chi connectivity index (χ3v) is 4.75. The van der Waals surface area contributed by atoms with Crippen molar-refractivity contribution in [1.29, 1.82) is 0 Å². The zero-order valence-corrected chi connectivity index (χ0v) is 11.7. The first-order chi connectivity index (χ1) is 8.58. The van der Waals surface area contributed by atoms with Gasteiger partial charge in [0, 0.05) is 17.1 Å². The van der Waals surface area contributed by atoms with Crippen molar-refractivity contribution < 1.29 is 0 Å². The standard InChI is InChI=1S/C17H23N/c1-12-7-8-16-13(10-12)14(11-18-16)15-6-4-5-9-17(15,2)3/h7-8,10-11,15,18H,4-6,9H2,1-3H3. The lowest BCUT2D eigenvalue weighted by atomic mass is 9.66. The lowest BCUT2D eigenvalue weighted by molar-refractivity contribution is 0.201. The van der Waals surface area contributed by atoms with Crippen molar-refractivity contribution in [3.8, 4) is 0 Å². The monoisotopic (exact) mass is 241 g/mol. The minimum atomic E-state index is 0.442. The van der Waals surface area contributed by atoms with Gasteiger partial charge >= 0.3 is 0 Å². The van der Waals surface area contributed by atoms with Gasteiger partial charge in [-0.3, -0.25) is 0 Å². The summed E-state index contributed by atoms with van der Waals surface area (Å²) in [6, 6.07) is 6.74. The lowest BCUT2D eigenvalue weighted by Crippen LogP contribution is -2.25. The fourth-order valence-corrected chi connectivity index (χ4v) is 3.61. The highest BCUT2D eigenvalue weighted by Gasteiger charge is 2.34. The Labute approximate surface area is 110 Å². The van der Waals surface area contributed by atoms with Gasteiger partial charge < -0.3 is 4.98 Å². The zero-order chi connectivity index (χ0) is 12.8. The molecule has 1 fully saturated rings. The molecule has 1 saturated carbocycles. The van der Waals surface area contributed by atoms with Gasteiger partial charge in [0.05, 0.1) is 0 Å². The molecule has 0 radical (unpaired) electrons. The maximum Gasteiger partial charge on any atom is 0.0457 e. The molecule has 0 bridgehead atoms. The van der Waals surface area contributed by atoms with Crippen molar-refractivity contribution >= 4 is 10.9 Å². The molecule has 1 unspecified atom stereocenters. The van der Waals surface area contributed by atoms with Crippen LogP contribution in [-0.2, 0) is 0 Å². The molecule has 1 heterocycles. The predicted octanol–water partition coefficient (Wildman–Crippen LogP) is 5.16. The summed E-state index contributed by atoms with van der Waals surface area (Å²) >= 11 is 0. The first-order valence-electron chi connectivity index (χ1n) is 7.15. The van der Waals surface area contributed by atoms with Crippen molar-refractivity contribution in [1.82, 2.24) is 4.98 Å². The molecule has 0 aliphatic heterocycles. The Kier molecular flexibility index (Phi) is 2.73. The minimum Gasteiger partial charge on any atom is -0.361 e. The molecule has 2 aromatic rings. The van der Waals surface area contributed by atoms with Crippen LogP contribution < -0.4 is 0 Å². The third kappa shape index (κ3) is 1.86. The first-order valence-corrected chi connectivity index (χ1v) is 7.15. The van der Waals surface area contributed by atoms with Gasteiger partial charge in [0.25, 0.3) is 0 Å². The van der Waals surface area contributed by atoms with Crippen LogP contribution in [0.4, 0.5) is 0 Å². The van der Waals surface area contributed by atoms with E-state index >= 15 is 0 Å². The minimum absolute atomic E-state index is 0.442. The van der Waals surface area contributed by atoms with E-state index in [1.54, 1.807) is 5.56 Å². The van der Waals surface area contributed by atoms with E-state index in [4.69, 9.17) is 0 Å². The SMILES string of the molecule is Cc1ccc2[nH]cc(C3CCCCC3(C)C)c2c1. The largest absolute Gasteiger partial charge is 0.361 e. The van der Waals surface area contributed by atoms with E-state index in [1.807, 2.05) is 0 Å². The average Bonchev–Trinajstić information content (AvgIpc) is 2.71. The molecule has 0 spiro atoms. The van der Waals surface area contributed by atoms with Crippen LogP contribution in [0.3, 0.4) is 0 Å². The van der Waals surface area contributed by atoms with Crippen LogP contribution in [0.2, 0.25) is 0 Å². The normalized spacial score (nSPS) is 23.4. The van der Waals surface area contributed by atoms with Crippen molar-refractivity contribution in [2.24, 2.45) is 5.41 Å². The molecule has 1 aliphatic carbocycles. The number of nitrogens with one attached hydrogen (secondary N) is 1. The number of fused-ring (bicyclic) bond motifs is 1. The maximum atomic E-state index is 3.45. The molecule has 1 nitrogen and oxygen atoms in total. The van der Waals surface area contributed by atoms with Gasteiger partial charge in [0.15, 0.2) is 0 Å². The topological polar surface area (TPSA) is 15.8 Å². The van der Waals surface area contributed by atoms with Gasteiger partial charge in [-0.05, 0) is 48.8 Å². The van der Waals surface area contributed by atoms with E-state index in [0.29, 0.717) is 11.3 Å². The van der Waals surface area contributed by atoms with E-state index in [0.717, 1.165) is 0 Å². The van der Waals surface area contributed by atoms with E-state index in [1.165, 1.54) is 42.1 Å². The molecule has 0 amide bonds. The number of benzene rings is 1. The molecular weight excluding hydrogens is 218 g/mol. The van der Waals surface area contributed by atoms with Gasteiger partial charge in [0.1, 0.15) is 0 Å². The van der Waals surface area contributed by atoms with E-state index in [9.17, 15) is 0 Å². The lowest BCUT2D eigenvalue weighted by Gasteiger charge is -2.38. The number of aromatic amines is 1. The summed E-state index contributed by atoms with van der Waals surface area (Å²) in [6.07, 6.45) is 7.73. The number of rotatable bonds is 1. The van der Waals surface area contributed by atoms with E-state index in [2.05, 4.69) is 50.2 Å². The molecule has 1 aromatic heterocycles. The second kappa shape index (κ2) is 4.15. The number of hydrogen-bond acceptors (Lipinski definition) is 0. The summed E-state index contributed by atoms with van der Waals surface area (Å²) in [5.41, 5.74) is 4.63. The van der Waals surface area contributed by atoms with Crippen LogP contribution in [0.1, 0.15) is 56.6 Å². The highest BCUT2D eigenvalue weighted by atomic mass is 14.7. The third-order valence-electron chi connectivity index (χ3n) is 4.75. The van der Waals surface area contributed by atoms with Crippen molar-refractivity contribution in [2.75, 3.05) is 0 Å². The molecule has 0 saturated heterocycles. The zero-order valence-electron chi connectivity index (χ0n) is 11.7. The summed E-state index contributed by atoms with van der Waals surface area (Å²) in [5, 5.41) is 1.44. The molecule has 96 valence electrons. The number of aryl methyl sites for hydroxylation is 1. The molecule has 1 N–H and O–H groups in total. The van der Waals surface area contributed by atoms with E-state index in [-0.39, 0.29) is 0 Å². The van der Waals surface area contributed by atoms with Crippen molar-refractivity contribution in [3.63, 3.8) is 0 Å². The number of H-pyrrole nitrogens is 1. The summed E-state index contributed by atoms with van der Waals surface area (Å²) in [6.45, 7) is 7.05. The predicted molar refractivity (Wildman–Crippen MR) is 78.0 cm³/mol. The van der Waals surface area contributed by atoms with Gasteiger partial charge in [0.2, 0.25) is 0 Å². The molecular formula is C17H23N. The summed E-state index contributed by atoms with van der Waals surface area (Å²) in [4.78, 5) is 3.45. The van der Waals surface area contributed by atoms with E-state index < -0.39 is 0 Å². The van der Waals surface area contributed by atoms with Crippen LogP contribution in [0.5, 0.6) is 0 Å². The Morgan fingerprint density at radius 1 is 1.22 bits per heavy atom. The Morgan fingerprint density at radius 3 is 2.83 bits per heavy atom.